The minimum Gasteiger partial charge on any atom is -0.870 e. The maximum absolute atomic E-state index is 13.1. The molecule has 122 heavy (non-hydrogen) atoms. The number of hydrogen-bond donors (Lipinski definition) is 3. The van der Waals surface area contributed by atoms with E-state index in [2.05, 4.69) is 100 Å². The van der Waals surface area contributed by atoms with Gasteiger partial charge in [-0.05, 0) is 162 Å². The summed E-state index contributed by atoms with van der Waals surface area (Å²) in [6.45, 7) is 30.3. The summed E-state index contributed by atoms with van der Waals surface area (Å²) < 4.78 is 68.0. The van der Waals surface area contributed by atoms with E-state index in [1.54, 1.807) is 77.2 Å². The molecule has 654 valence electrons. The summed E-state index contributed by atoms with van der Waals surface area (Å²) >= 11 is 3.33. The van der Waals surface area contributed by atoms with E-state index in [9.17, 15) is 19.2 Å². The van der Waals surface area contributed by atoms with E-state index < -0.39 is 5.97 Å². The monoisotopic (exact) mass is 1740 g/mol. The summed E-state index contributed by atoms with van der Waals surface area (Å²) in [6, 6.07) is 45.1. The molecule has 0 saturated carbocycles. The Labute approximate surface area is 736 Å². The van der Waals surface area contributed by atoms with E-state index in [-0.39, 0.29) is 54.0 Å². The summed E-state index contributed by atoms with van der Waals surface area (Å²) in [5, 5.41) is 12.8. The average Bonchev–Trinajstić information content (AvgIpc) is 1.55. The number of ether oxygens (including phenoxy) is 11. The average molecular weight is 1740 g/mol. The molecule has 5 saturated heterocycles. The molecule has 5 aliphatic rings. The fourth-order valence-electron chi connectivity index (χ4n) is 13.2. The molecule has 15 rings (SSSR count). The number of rotatable bonds is 22. The van der Waals surface area contributed by atoms with Crippen LogP contribution in [0.4, 0.5) is 5.69 Å². The Balaban J connectivity index is 0.000000228. The van der Waals surface area contributed by atoms with Crippen LogP contribution in [0.3, 0.4) is 0 Å². The molecule has 0 atom stereocenters. The molecule has 31 heteroatoms. The van der Waals surface area contributed by atoms with Gasteiger partial charge in [-0.15, -0.1) is 0 Å². The second-order valence-electron chi connectivity index (χ2n) is 28.5. The van der Waals surface area contributed by atoms with Crippen molar-refractivity contribution in [3.63, 3.8) is 0 Å². The Bertz CT molecular complexity index is 4670. The number of aromatic carboxylic acids is 1. The molecule has 4 aromatic heterocycles. The van der Waals surface area contributed by atoms with Gasteiger partial charge < -0.3 is 82.6 Å². The van der Waals surface area contributed by atoms with Crippen LogP contribution in [0.15, 0.2) is 167 Å². The first-order valence-corrected chi connectivity index (χ1v) is 41.5. The molecule has 5 N–H and O–H groups in total. The van der Waals surface area contributed by atoms with Crippen LogP contribution < -0.4 is 48.9 Å². The number of carboxylic acid groups (broad SMARTS) is 1. The fraction of sp³-hybridized carbons (Fsp3) is 0.429. The number of carboxylic acids is 1. The second kappa shape index (κ2) is 55.4. The number of nitrogen functional groups attached to an aromatic ring is 1. The molecule has 0 amide bonds. The van der Waals surface area contributed by atoms with Gasteiger partial charge >= 0.3 is 36.8 Å². The predicted molar refractivity (Wildman–Crippen MR) is 468 cm³/mol. The van der Waals surface area contributed by atoms with Gasteiger partial charge in [-0.25, -0.2) is 24.4 Å². The summed E-state index contributed by atoms with van der Waals surface area (Å²) in [6.07, 6.45) is 6.22. The number of morpholine rings is 4. The molecule has 0 aliphatic carbocycles. The van der Waals surface area contributed by atoms with Crippen molar-refractivity contribution in [3.05, 3.63) is 208 Å². The summed E-state index contributed by atoms with van der Waals surface area (Å²) in [7, 11) is 9.13. The van der Waals surface area contributed by atoms with Crippen LogP contribution in [0, 0.1) is 0 Å². The van der Waals surface area contributed by atoms with Gasteiger partial charge in [0, 0.05) is 166 Å². The third kappa shape index (κ3) is 33.2. The summed E-state index contributed by atoms with van der Waals surface area (Å²) in [5.74, 6) is 2.27. The number of anilines is 1. The van der Waals surface area contributed by atoms with E-state index in [4.69, 9.17) is 67.0 Å². The minimum atomic E-state index is -0.939. The van der Waals surface area contributed by atoms with Gasteiger partial charge in [0.1, 0.15) is 23.0 Å². The van der Waals surface area contributed by atoms with Gasteiger partial charge in [-0.3, -0.25) is 24.4 Å². The number of Topliss-reactive ketones (excluding diaryl/α,β-unsaturated/α-hetero) is 1. The number of methoxy groups -OCH3 is 6. The van der Waals surface area contributed by atoms with Crippen molar-refractivity contribution in [1.29, 1.82) is 0 Å². The van der Waals surface area contributed by atoms with E-state index in [0.717, 1.165) is 195 Å². The van der Waals surface area contributed by atoms with Gasteiger partial charge in [-0.1, -0.05) is 59.3 Å². The van der Waals surface area contributed by atoms with Crippen LogP contribution in [0.5, 0.6) is 23.0 Å². The maximum atomic E-state index is 13.1. The number of oxazole rings is 2. The van der Waals surface area contributed by atoms with Crippen molar-refractivity contribution in [1.82, 2.24) is 44.9 Å². The number of halogens is 1. The van der Waals surface area contributed by atoms with Crippen LogP contribution in [0.25, 0.3) is 45.4 Å². The number of ketones is 1. The fourth-order valence-corrected chi connectivity index (χ4v) is 13.7. The quantitative estimate of drug-likeness (QED) is 0.0186. The van der Waals surface area contributed by atoms with Crippen LogP contribution in [-0.2, 0) is 64.5 Å². The number of esters is 2. The first kappa shape index (κ1) is 101. The van der Waals surface area contributed by atoms with Crippen molar-refractivity contribution in [2.24, 2.45) is 0 Å². The molecule has 0 spiro atoms. The van der Waals surface area contributed by atoms with Crippen molar-refractivity contribution in [2.45, 2.75) is 90.9 Å². The standard InChI is InChI=1S/C26H25N3O4.C14H19NO4.C13H17NO4.C12H9N3O.C10H11BrO3.C8H19N.C4H9NO.C4H8O.Li.H2O/c1-31-23-8-7-19(16-21(23)17-29-10-12-32-13-11-29)22(30)15-18-4-2-5-20(14-18)26-28-25-24(33-26)6-3-9-27-25;1-17-13-9-11(14(16)18-2)3-4-12(13)10-15-5-7-19-8-6-15;1-17-12-8-10(13(15)16)2-3-11(12)9-14-4-6-18-7-5-14;13-9-4-1-3-8(7-9)12-15-11-10(16-12)5-2-6-14-11;1-13-9-5-7(10(12)14-2)3-4-8(9)6-11;1-6-9(7(2)3)8(4)5;1-3-6-4-2-5-1;1-2-4-5-3-1;;/h2-9,14,16H,10-13,15,17H2,1H3;3-4,9H,5-8,10H2,1-2H3;2-3,8H,4-7,9H2,1H3,(H,15,16);1-7H,13H2;3-5H,6H2,1-2H3;7-8H,6H2,1-5H3;5H,1-4H2;1-4H2;;1H2/q;;;;;;;;+1;/p-1. The Morgan fingerprint density at radius 2 is 0.910 bits per heavy atom. The number of aromatic nitrogens is 4. The smallest absolute Gasteiger partial charge is 0.870 e. The molecule has 0 radical (unpaired) electrons. The van der Waals surface area contributed by atoms with E-state index >= 15 is 0 Å². The number of nitrogens with one attached hydrogen (secondary N) is 1. The van der Waals surface area contributed by atoms with Crippen LogP contribution in [0.1, 0.15) is 117 Å². The zero-order valence-electron chi connectivity index (χ0n) is 72.4. The Hall–Kier alpha value is -9.72. The zero-order chi connectivity index (χ0) is 86.0. The topological polar surface area (TPSA) is 349 Å². The van der Waals surface area contributed by atoms with Crippen molar-refractivity contribution in [3.8, 4) is 45.9 Å². The first-order valence-electron chi connectivity index (χ1n) is 40.4. The number of fused-ring (bicyclic) bond motifs is 2. The molecule has 29 nitrogen and oxygen atoms in total. The number of carbonyl (C=O) groups is 4. The zero-order valence-corrected chi connectivity index (χ0v) is 74.0. The number of hydrogen-bond acceptors (Lipinski definition) is 28. The number of carbonyl (C=O) groups excluding carboxylic acids is 3. The number of pyridine rings is 2. The van der Waals surface area contributed by atoms with Crippen LogP contribution in [0.2, 0.25) is 0 Å². The predicted octanol–water partition coefficient (Wildman–Crippen LogP) is 10.9. The molecule has 0 unspecified atom stereocenters. The normalized spacial score (nSPS) is 14.4. The Kier molecular flexibility index (Phi) is 45.9. The number of alkyl halides is 1. The van der Waals surface area contributed by atoms with Gasteiger partial charge in [0.2, 0.25) is 11.8 Å². The number of nitrogens with two attached hydrogens (primary N) is 1. The van der Waals surface area contributed by atoms with Gasteiger partial charge in [0.05, 0.1) is 112 Å². The van der Waals surface area contributed by atoms with Gasteiger partial charge in [0.25, 0.3) is 0 Å². The number of nitrogens with zero attached hydrogens (tertiary/aromatic N) is 8. The van der Waals surface area contributed by atoms with Crippen LogP contribution >= 0.6 is 15.9 Å². The molecule has 5 fully saturated rings. The van der Waals surface area contributed by atoms with E-state index in [1.807, 2.05) is 109 Å². The molecular weight excluding hydrogens is 1620 g/mol. The maximum Gasteiger partial charge on any atom is 1.00 e. The summed E-state index contributed by atoms with van der Waals surface area (Å²) in [4.78, 5) is 73.1. The third-order valence-electron chi connectivity index (χ3n) is 19.6. The molecule has 9 heterocycles. The molecule has 5 aliphatic heterocycles. The van der Waals surface area contributed by atoms with E-state index in [1.165, 1.54) is 27.1 Å². The third-order valence-corrected chi connectivity index (χ3v) is 20.2. The largest absolute Gasteiger partial charge is 1.00 e. The Morgan fingerprint density at radius 3 is 1.30 bits per heavy atom. The molecule has 10 aromatic rings. The molecule has 6 aromatic carbocycles. The van der Waals surface area contributed by atoms with Crippen molar-refractivity contribution in [2.75, 3.05) is 173 Å². The van der Waals surface area contributed by atoms with Gasteiger partial charge in [-0.2, -0.15) is 9.97 Å². The Morgan fingerprint density at radius 1 is 0.492 bits per heavy atom. The number of benzene rings is 6. The SMILES string of the molecule is C1CCOC1.C1COCCN1.CCN(C(C)C)C(C)C.COC(=O)c1ccc(CBr)c(OC)c1.COC(=O)c1ccc(CN2CCOCC2)c(OC)c1.COc1cc(C(=O)O)ccc1CN1CCOCC1.COc1ccc(C(=O)Cc2cccc(-c3nc4ncccc4o3)c2)cc1CN1CCOCC1.Nc1cccc(-c2nc3ncccc3o2)c1.[Li+].[OH-]. The summed E-state index contributed by atoms with van der Waals surface area (Å²) in [5.41, 5.74) is 17.5. The minimum absolute atomic E-state index is 0. The van der Waals surface area contributed by atoms with E-state index in [0.29, 0.717) is 85.5 Å². The van der Waals surface area contributed by atoms with Crippen molar-refractivity contribution >= 4 is 67.8 Å². The second-order valence-corrected chi connectivity index (χ2v) is 29.1. The van der Waals surface area contributed by atoms with Gasteiger partial charge in [0.15, 0.2) is 28.2 Å². The first-order chi connectivity index (χ1) is 58.3. The van der Waals surface area contributed by atoms with Crippen molar-refractivity contribution < 1.29 is 110 Å². The molecule has 0 bridgehead atoms. The van der Waals surface area contributed by atoms with Crippen LogP contribution in [-0.4, -0.2) is 254 Å². The molecular formula is C91H118BrLiN10O19.